The quantitative estimate of drug-likeness (QED) is 0.246. The molecule has 12 fully saturated rings. The fraction of sp³-hybridized carbons (Fsp3) is 0.704. The van der Waals surface area contributed by atoms with Gasteiger partial charge in [0, 0.05) is 76.3 Å². The van der Waals surface area contributed by atoms with Crippen LogP contribution in [0.1, 0.15) is 126 Å². The minimum Gasteiger partial charge on any atom is -0.393 e. The molecule has 14 rings (SSSR count). The van der Waals surface area contributed by atoms with E-state index in [1.165, 1.54) is 12.1 Å². The minimum absolute atomic E-state index is 0.00949. The van der Waals surface area contributed by atoms with Crippen LogP contribution in [0.5, 0.6) is 0 Å². The number of aliphatic hydroxyl groups excluding tert-OH is 2. The first-order valence-corrected chi connectivity index (χ1v) is 26.4. The molecule has 12 aliphatic rings. The molecule has 6 amide bonds. The van der Waals surface area contributed by atoms with Gasteiger partial charge in [-0.1, -0.05) is 24.3 Å². The topological polar surface area (TPSA) is 146 Å². The third-order valence-corrected chi connectivity index (χ3v) is 19.0. The molecular formula is C54H72F2N6O6. The van der Waals surface area contributed by atoms with Gasteiger partial charge in [-0.2, -0.15) is 0 Å². The lowest BCUT2D eigenvalue weighted by atomic mass is 9.48. The summed E-state index contributed by atoms with van der Waals surface area (Å²) in [4.78, 5) is 61.1. The molecule has 0 spiro atoms. The van der Waals surface area contributed by atoms with Gasteiger partial charge in [-0.15, -0.1) is 0 Å². The number of halogens is 2. The zero-order valence-electron chi connectivity index (χ0n) is 39.6. The first-order chi connectivity index (χ1) is 32.8. The normalized spacial score (nSPS) is 38.9. The second kappa shape index (κ2) is 18.5. The molecular weight excluding hydrogens is 867 g/mol. The number of urea groups is 2. The Bertz CT molecular complexity index is 2060. The van der Waals surface area contributed by atoms with Gasteiger partial charge < -0.3 is 40.4 Å². The third kappa shape index (κ3) is 8.91. The van der Waals surface area contributed by atoms with Crippen LogP contribution in [0.2, 0.25) is 0 Å². The van der Waals surface area contributed by atoms with E-state index >= 15 is 0 Å². The molecule has 2 aromatic carbocycles. The Morgan fingerprint density at radius 3 is 1.28 bits per heavy atom. The molecule has 4 N–H and O–H groups in total. The second-order valence-electron chi connectivity index (χ2n) is 23.5. The van der Waals surface area contributed by atoms with Gasteiger partial charge in [0.05, 0.1) is 23.0 Å². The highest BCUT2D eigenvalue weighted by Crippen LogP contribution is 2.61. The van der Waals surface area contributed by atoms with E-state index in [2.05, 4.69) is 10.6 Å². The van der Waals surface area contributed by atoms with Crippen LogP contribution in [0.3, 0.4) is 0 Å². The number of aliphatic hydroxyl groups is 2. The Kier molecular flexibility index (Phi) is 12.5. The Hall–Kier alpha value is -4.30. The van der Waals surface area contributed by atoms with Crippen molar-refractivity contribution < 1.29 is 38.2 Å². The Labute approximate surface area is 399 Å². The molecule has 2 aromatic rings. The van der Waals surface area contributed by atoms with Crippen LogP contribution in [0, 0.1) is 58.0 Å². The van der Waals surface area contributed by atoms with Crippen LogP contribution >= 0.6 is 0 Å². The highest BCUT2D eigenvalue weighted by molar-refractivity contribution is 5.84. The summed E-state index contributed by atoms with van der Waals surface area (Å²) in [6.45, 7) is 5.15. The average Bonchev–Trinajstić information content (AvgIpc) is 4.04. The van der Waals surface area contributed by atoms with Gasteiger partial charge in [0.1, 0.15) is 11.6 Å². The Morgan fingerprint density at radius 2 is 0.897 bits per heavy atom. The maximum Gasteiger partial charge on any atom is 0.320 e. The molecule has 4 aliphatic heterocycles. The number of amides is 6. The van der Waals surface area contributed by atoms with Crippen LogP contribution in [-0.2, 0) is 9.59 Å². The summed E-state index contributed by atoms with van der Waals surface area (Å²) in [6, 6.07) is 13.5. The number of nitrogens with zero attached hydrogens (tertiary/aromatic N) is 4. The molecule has 0 aromatic heterocycles. The van der Waals surface area contributed by atoms with E-state index < -0.39 is 0 Å². The van der Waals surface area contributed by atoms with Gasteiger partial charge in [-0.3, -0.25) is 9.59 Å². The smallest absolute Gasteiger partial charge is 0.320 e. The largest absolute Gasteiger partial charge is 0.393 e. The standard InChI is InChI=1S/2C27H36FN3O3/c2*28-22-4-1-3-18(11-22)19-6-8-31(15-19)26(34)30-7-2-5-23(16-30)29-25(33)27-12-17-9-20(13-27)24(32)21(10-17)14-27/h2*1,3-4,11,17,19-21,23-24,32H,2,5-10,12-16H2,(H,29,33)/t2*17?,19?,20?,21?,23-,24?,27?/m00/s1. The summed E-state index contributed by atoms with van der Waals surface area (Å²) in [5.74, 6) is 2.48. The minimum atomic E-state index is -0.310. The van der Waals surface area contributed by atoms with Crippen LogP contribution < -0.4 is 10.6 Å². The number of carbonyl (C=O) groups excluding carboxylic acids is 4. The van der Waals surface area contributed by atoms with Crippen molar-refractivity contribution in [1.29, 1.82) is 0 Å². The number of carbonyl (C=O) groups is 4. The van der Waals surface area contributed by atoms with E-state index in [-0.39, 0.29) is 106 Å². The van der Waals surface area contributed by atoms with Crippen LogP contribution in [-0.4, -0.2) is 130 Å². The first-order valence-electron chi connectivity index (χ1n) is 26.4. The first kappa shape index (κ1) is 46.1. The van der Waals surface area contributed by atoms with E-state index in [1.807, 2.05) is 31.7 Å². The summed E-state index contributed by atoms with van der Waals surface area (Å²) in [5.41, 5.74) is 1.30. The van der Waals surface area contributed by atoms with E-state index in [0.29, 0.717) is 51.1 Å². The fourth-order valence-corrected chi connectivity index (χ4v) is 16.1. The van der Waals surface area contributed by atoms with Gasteiger partial charge in [0.15, 0.2) is 0 Å². The van der Waals surface area contributed by atoms with Crippen molar-refractivity contribution in [1.82, 2.24) is 30.2 Å². The number of nitrogens with one attached hydrogen (secondary N) is 2. The molecule has 12 nitrogen and oxygen atoms in total. The Balaban J connectivity index is 0.000000149. The lowest BCUT2D eigenvalue weighted by Crippen LogP contribution is -2.61. The van der Waals surface area contributed by atoms with Crippen molar-refractivity contribution in [2.24, 2.45) is 46.3 Å². The second-order valence-corrected chi connectivity index (χ2v) is 23.5. The molecule has 68 heavy (non-hydrogen) atoms. The highest BCUT2D eigenvalue weighted by atomic mass is 19.1. The lowest BCUT2D eigenvalue weighted by Gasteiger charge is -2.58. The summed E-state index contributed by atoms with van der Waals surface area (Å²) < 4.78 is 27.3. The fourth-order valence-electron chi connectivity index (χ4n) is 16.1. The summed E-state index contributed by atoms with van der Waals surface area (Å²) in [6.07, 6.45) is 14.3. The predicted molar refractivity (Wildman–Crippen MR) is 251 cm³/mol. The molecule has 14 heteroatoms. The van der Waals surface area contributed by atoms with Gasteiger partial charge in [0.25, 0.3) is 0 Å². The molecule has 8 saturated carbocycles. The SMILES string of the molecule is O=C(N1CCC(c2cccc(F)c2)C1)N1CCC[C@H](NC(=O)C23CC4CC(C2)C(O)C(C4)C3)C1.O=C(N1CCC(c2cccc(F)c2)C1)N1CCC[C@H](NC(=O)C23CC4CC(C2)C(O)C(C4)C3)C1. The molecule has 6 unspecified atom stereocenters. The van der Waals surface area contributed by atoms with Crippen LogP contribution in [0.4, 0.5) is 18.4 Å². The maximum absolute atomic E-state index is 13.6. The maximum atomic E-state index is 13.6. The molecule has 8 aliphatic carbocycles. The van der Waals surface area contributed by atoms with Crippen molar-refractivity contribution >= 4 is 23.9 Å². The van der Waals surface area contributed by atoms with Gasteiger partial charge >= 0.3 is 12.1 Å². The van der Waals surface area contributed by atoms with E-state index in [1.54, 1.807) is 24.3 Å². The predicted octanol–water partition coefficient (Wildman–Crippen LogP) is 7.01. The summed E-state index contributed by atoms with van der Waals surface area (Å²) in [7, 11) is 0. The number of rotatable bonds is 6. The number of likely N-dealkylation sites (tertiary alicyclic amines) is 4. The average molecular weight is 939 g/mol. The molecule has 368 valence electrons. The molecule has 4 saturated heterocycles. The number of hydrogen-bond acceptors (Lipinski definition) is 6. The van der Waals surface area contributed by atoms with Gasteiger partial charge in [0.2, 0.25) is 11.8 Å². The molecule has 4 heterocycles. The van der Waals surface area contributed by atoms with Crippen LogP contribution in [0.25, 0.3) is 0 Å². The zero-order valence-corrected chi connectivity index (χ0v) is 39.6. The van der Waals surface area contributed by atoms with Crippen LogP contribution in [0.15, 0.2) is 48.5 Å². The third-order valence-electron chi connectivity index (χ3n) is 19.0. The molecule has 0 radical (unpaired) electrons. The zero-order chi connectivity index (χ0) is 46.9. The van der Waals surface area contributed by atoms with Crippen molar-refractivity contribution in [3.8, 4) is 0 Å². The molecule has 8 atom stereocenters. The van der Waals surface area contributed by atoms with E-state index in [9.17, 15) is 38.2 Å². The lowest BCUT2D eigenvalue weighted by molar-refractivity contribution is -0.164. The van der Waals surface area contributed by atoms with E-state index in [0.717, 1.165) is 127 Å². The van der Waals surface area contributed by atoms with Gasteiger partial charge in [-0.05, 0) is 174 Å². The van der Waals surface area contributed by atoms with Crippen molar-refractivity contribution in [3.05, 3.63) is 71.3 Å². The number of hydrogen-bond donors (Lipinski definition) is 4. The van der Waals surface area contributed by atoms with E-state index in [4.69, 9.17) is 0 Å². The monoisotopic (exact) mass is 939 g/mol. The summed E-state index contributed by atoms with van der Waals surface area (Å²) >= 11 is 0. The number of piperidine rings is 2. The van der Waals surface area contributed by atoms with Crippen molar-refractivity contribution in [2.45, 2.75) is 139 Å². The molecule has 8 bridgehead atoms. The van der Waals surface area contributed by atoms with Crippen molar-refractivity contribution in [3.63, 3.8) is 0 Å². The summed E-state index contributed by atoms with van der Waals surface area (Å²) in [5, 5.41) is 27.8. The Morgan fingerprint density at radius 1 is 0.515 bits per heavy atom. The highest BCUT2D eigenvalue weighted by Gasteiger charge is 2.60. The number of benzene rings is 2. The van der Waals surface area contributed by atoms with Gasteiger partial charge in [-0.25, -0.2) is 18.4 Å². The van der Waals surface area contributed by atoms with Crippen molar-refractivity contribution in [2.75, 3.05) is 52.4 Å².